The molecule has 3 aromatic carbocycles. The number of rotatable bonds is 19. The lowest BCUT2D eigenvalue weighted by Crippen LogP contribution is -1.98. The third kappa shape index (κ3) is 11.2. The number of hydrogen-bond acceptors (Lipinski definition) is 5. The maximum absolute atomic E-state index is 8.95. The van der Waals surface area contributed by atoms with Crippen molar-refractivity contribution in [3.8, 4) is 40.1 Å². The zero-order valence-electron chi connectivity index (χ0n) is 25.6. The van der Waals surface area contributed by atoms with Gasteiger partial charge < -0.3 is 9.47 Å². The molecule has 0 aliphatic carbocycles. The Morgan fingerprint density at radius 2 is 1.02 bits per heavy atom. The van der Waals surface area contributed by atoms with E-state index in [1.54, 1.807) is 0 Å². The highest BCUT2D eigenvalue weighted by atomic mass is 16.5. The van der Waals surface area contributed by atoms with Crippen LogP contribution in [0.25, 0.3) is 22.5 Å². The first kappa shape index (κ1) is 31.8. The van der Waals surface area contributed by atoms with E-state index >= 15 is 0 Å². The van der Waals surface area contributed by atoms with Crippen LogP contribution in [0.2, 0.25) is 0 Å². The van der Waals surface area contributed by atoms with Crippen molar-refractivity contribution in [3.63, 3.8) is 0 Å². The number of aromatic nitrogens is 2. The highest BCUT2D eigenvalue weighted by Crippen LogP contribution is 2.23. The minimum absolute atomic E-state index is 0.677. The summed E-state index contributed by atoms with van der Waals surface area (Å²) in [6, 6.07) is 26.1. The molecule has 0 bridgehead atoms. The van der Waals surface area contributed by atoms with Crippen molar-refractivity contribution in [1.29, 1.82) is 5.26 Å². The number of unbranched alkanes of at least 4 members (excludes halogenated alkanes) is 9. The summed E-state index contributed by atoms with van der Waals surface area (Å²) in [6.45, 7) is 3.74. The van der Waals surface area contributed by atoms with E-state index in [0.29, 0.717) is 5.56 Å². The van der Waals surface area contributed by atoms with Gasteiger partial charge in [0.2, 0.25) is 0 Å². The summed E-state index contributed by atoms with van der Waals surface area (Å²) in [6.07, 6.45) is 18.3. The van der Waals surface area contributed by atoms with E-state index < -0.39 is 0 Å². The first-order valence-electron chi connectivity index (χ1n) is 16.0. The van der Waals surface area contributed by atoms with Gasteiger partial charge in [0, 0.05) is 18.0 Å². The summed E-state index contributed by atoms with van der Waals surface area (Å²) in [5, 5.41) is 8.95. The summed E-state index contributed by atoms with van der Waals surface area (Å²) >= 11 is 0. The largest absolute Gasteiger partial charge is 0.494 e. The first-order valence-corrected chi connectivity index (χ1v) is 16.0. The Morgan fingerprint density at radius 3 is 1.53 bits per heavy atom. The molecule has 0 aliphatic rings. The standard InChI is InChI=1S/C38H45N3O2/c1-2-3-4-10-13-32-29-40-38(41-30-32)35-20-24-37(25-21-35)43-27-12-9-7-5-6-8-11-26-42-36-22-18-34(19-23-36)33-16-14-31(28-39)15-17-33/h14-25,29-30H,2-13,26-27H2,1H3. The normalized spacial score (nSPS) is 10.8. The quantitative estimate of drug-likeness (QED) is 0.104. The van der Waals surface area contributed by atoms with Gasteiger partial charge in [0.05, 0.1) is 24.8 Å². The van der Waals surface area contributed by atoms with Crippen LogP contribution in [0.5, 0.6) is 11.5 Å². The van der Waals surface area contributed by atoms with E-state index in [1.165, 1.54) is 63.4 Å². The van der Waals surface area contributed by atoms with Crippen LogP contribution in [-0.2, 0) is 6.42 Å². The highest BCUT2D eigenvalue weighted by molar-refractivity contribution is 5.65. The molecule has 0 amide bonds. The van der Waals surface area contributed by atoms with Gasteiger partial charge in [-0.25, -0.2) is 9.97 Å². The molecular weight excluding hydrogens is 530 g/mol. The van der Waals surface area contributed by atoms with Crippen LogP contribution in [0.15, 0.2) is 85.2 Å². The topological polar surface area (TPSA) is 68.0 Å². The number of hydrogen-bond donors (Lipinski definition) is 0. The Morgan fingerprint density at radius 1 is 0.558 bits per heavy atom. The van der Waals surface area contributed by atoms with Gasteiger partial charge in [0.15, 0.2) is 5.82 Å². The molecule has 0 saturated carbocycles. The Bertz CT molecular complexity index is 1360. The Balaban J connectivity index is 1.00. The Labute approximate surface area is 258 Å². The van der Waals surface area contributed by atoms with Crippen molar-refractivity contribution in [3.05, 3.63) is 96.3 Å². The van der Waals surface area contributed by atoms with Crippen LogP contribution < -0.4 is 9.47 Å². The summed E-state index contributed by atoms with van der Waals surface area (Å²) in [5.74, 6) is 2.58. The Hall–Kier alpha value is -4.17. The molecule has 0 N–H and O–H groups in total. The molecule has 5 heteroatoms. The molecule has 43 heavy (non-hydrogen) atoms. The first-order chi connectivity index (χ1) is 21.2. The minimum Gasteiger partial charge on any atom is -0.494 e. The fourth-order valence-corrected chi connectivity index (χ4v) is 5.04. The number of nitrogens with zero attached hydrogens (tertiary/aromatic N) is 3. The molecule has 5 nitrogen and oxygen atoms in total. The SMILES string of the molecule is CCCCCCc1cnc(-c2ccc(OCCCCCCCCCOc3ccc(-c4ccc(C#N)cc4)cc3)cc2)nc1. The van der Waals surface area contributed by atoms with Gasteiger partial charge in [0.25, 0.3) is 0 Å². The van der Waals surface area contributed by atoms with Crippen molar-refractivity contribution >= 4 is 0 Å². The number of benzene rings is 3. The van der Waals surface area contributed by atoms with Gasteiger partial charge >= 0.3 is 0 Å². The molecule has 0 fully saturated rings. The molecule has 0 saturated heterocycles. The fraction of sp³-hybridized carbons (Fsp3) is 0.395. The summed E-state index contributed by atoms with van der Waals surface area (Å²) < 4.78 is 11.9. The molecule has 0 spiro atoms. The van der Waals surface area contributed by atoms with Crippen molar-refractivity contribution in [2.24, 2.45) is 0 Å². The van der Waals surface area contributed by atoms with Crippen LogP contribution >= 0.6 is 0 Å². The van der Waals surface area contributed by atoms with E-state index in [0.717, 1.165) is 66.5 Å². The molecular formula is C38H45N3O2. The van der Waals surface area contributed by atoms with Gasteiger partial charge in [-0.05, 0) is 90.9 Å². The lowest BCUT2D eigenvalue weighted by Gasteiger charge is -2.08. The average molecular weight is 576 g/mol. The molecule has 0 radical (unpaired) electrons. The van der Waals surface area contributed by atoms with Gasteiger partial charge in [-0.15, -0.1) is 0 Å². The molecule has 0 atom stereocenters. The second-order valence-electron chi connectivity index (χ2n) is 11.1. The highest BCUT2D eigenvalue weighted by Gasteiger charge is 2.04. The minimum atomic E-state index is 0.677. The summed E-state index contributed by atoms with van der Waals surface area (Å²) in [4.78, 5) is 9.14. The fourth-order valence-electron chi connectivity index (χ4n) is 5.04. The van der Waals surface area contributed by atoms with Gasteiger partial charge in [-0.2, -0.15) is 5.26 Å². The van der Waals surface area contributed by atoms with Crippen molar-refractivity contribution in [2.45, 2.75) is 84.0 Å². The third-order valence-corrected chi connectivity index (χ3v) is 7.66. The average Bonchev–Trinajstić information content (AvgIpc) is 3.06. The molecule has 1 aromatic heterocycles. The maximum atomic E-state index is 8.95. The monoisotopic (exact) mass is 575 g/mol. The Kier molecular flexibility index (Phi) is 13.6. The number of aryl methyl sites for hydroxylation is 1. The van der Waals surface area contributed by atoms with Crippen molar-refractivity contribution in [2.75, 3.05) is 13.2 Å². The van der Waals surface area contributed by atoms with Gasteiger partial charge in [0.1, 0.15) is 11.5 Å². The maximum Gasteiger partial charge on any atom is 0.159 e. The zero-order valence-corrected chi connectivity index (χ0v) is 25.6. The molecule has 4 rings (SSSR count). The summed E-state index contributed by atoms with van der Waals surface area (Å²) in [5.41, 5.74) is 5.14. The van der Waals surface area contributed by atoms with Gasteiger partial charge in [-0.1, -0.05) is 82.6 Å². The van der Waals surface area contributed by atoms with E-state index in [9.17, 15) is 0 Å². The van der Waals surface area contributed by atoms with E-state index in [1.807, 2.05) is 73.1 Å². The molecule has 0 unspecified atom stereocenters. The predicted molar refractivity (Wildman–Crippen MR) is 175 cm³/mol. The number of ether oxygens (including phenoxy) is 2. The third-order valence-electron chi connectivity index (χ3n) is 7.66. The van der Waals surface area contributed by atoms with E-state index in [4.69, 9.17) is 14.7 Å². The second-order valence-corrected chi connectivity index (χ2v) is 11.1. The lowest BCUT2D eigenvalue weighted by molar-refractivity contribution is 0.300. The molecule has 224 valence electrons. The molecule has 4 aromatic rings. The van der Waals surface area contributed by atoms with Crippen LogP contribution in [-0.4, -0.2) is 23.2 Å². The van der Waals surface area contributed by atoms with Gasteiger partial charge in [-0.3, -0.25) is 0 Å². The van der Waals surface area contributed by atoms with Crippen molar-refractivity contribution < 1.29 is 9.47 Å². The van der Waals surface area contributed by atoms with Crippen LogP contribution in [0, 0.1) is 11.3 Å². The number of nitriles is 1. The zero-order chi connectivity index (χ0) is 30.0. The van der Waals surface area contributed by atoms with Crippen LogP contribution in [0.3, 0.4) is 0 Å². The summed E-state index contributed by atoms with van der Waals surface area (Å²) in [7, 11) is 0. The van der Waals surface area contributed by atoms with E-state index in [2.05, 4.69) is 35.1 Å². The van der Waals surface area contributed by atoms with Crippen molar-refractivity contribution in [1.82, 2.24) is 9.97 Å². The predicted octanol–water partition coefficient (Wildman–Crippen LogP) is 9.99. The van der Waals surface area contributed by atoms with Crippen LogP contribution in [0.1, 0.15) is 88.7 Å². The lowest BCUT2D eigenvalue weighted by atomic mass is 10.0. The molecule has 0 aliphatic heterocycles. The molecule has 1 heterocycles. The van der Waals surface area contributed by atoms with Crippen LogP contribution in [0.4, 0.5) is 0 Å². The second kappa shape index (κ2) is 18.4. The van der Waals surface area contributed by atoms with E-state index in [-0.39, 0.29) is 0 Å². The smallest absolute Gasteiger partial charge is 0.159 e.